The Balaban J connectivity index is 1.96. The van der Waals surface area contributed by atoms with E-state index in [9.17, 15) is 4.79 Å². The molecular formula is C13H16N4O2. The average molecular weight is 260 g/mol. The maximum Gasteiger partial charge on any atom is 0.303 e. The standard InChI is InChI=1S/C13H16N4O2/c14-7-10-1-3-11(4-2-10)8-17-9-12(15-16-17)5-6-13(18)19/h1-4,9H,5-8,14H2,(H,18,19). The van der Waals surface area contributed by atoms with Crippen LogP contribution in [0.4, 0.5) is 0 Å². The average Bonchev–Trinajstić information content (AvgIpc) is 2.85. The van der Waals surface area contributed by atoms with E-state index in [1.165, 1.54) is 0 Å². The summed E-state index contributed by atoms with van der Waals surface area (Å²) in [4.78, 5) is 10.5. The van der Waals surface area contributed by atoms with Crippen LogP contribution in [0.3, 0.4) is 0 Å². The Morgan fingerprint density at radius 3 is 2.58 bits per heavy atom. The number of rotatable bonds is 6. The van der Waals surface area contributed by atoms with Crippen molar-refractivity contribution in [3.8, 4) is 0 Å². The summed E-state index contributed by atoms with van der Waals surface area (Å²) in [7, 11) is 0. The molecule has 0 fully saturated rings. The molecule has 1 aromatic carbocycles. The van der Waals surface area contributed by atoms with E-state index in [1.807, 2.05) is 24.3 Å². The highest BCUT2D eigenvalue weighted by Gasteiger charge is 2.04. The van der Waals surface area contributed by atoms with E-state index in [-0.39, 0.29) is 6.42 Å². The Hall–Kier alpha value is -2.21. The Bertz CT molecular complexity index is 548. The molecule has 0 unspecified atom stereocenters. The van der Waals surface area contributed by atoms with Crippen LogP contribution in [-0.4, -0.2) is 26.1 Å². The molecule has 3 N–H and O–H groups in total. The van der Waals surface area contributed by atoms with Gasteiger partial charge in [0.1, 0.15) is 0 Å². The molecule has 0 saturated carbocycles. The number of nitrogens with zero attached hydrogens (tertiary/aromatic N) is 3. The maximum absolute atomic E-state index is 10.5. The molecule has 1 aromatic heterocycles. The fraction of sp³-hybridized carbons (Fsp3) is 0.308. The SMILES string of the molecule is NCc1ccc(Cn2cc(CCC(=O)O)nn2)cc1. The van der Waals surface area contributed by atoms with Crippen molar-refractivity contribution in [1.29, 1.82) is 0 Å². The van der Waals surface area contributed by atoms with Crippen LogP contribution in [0, 0.1) is 0 Å². The molecule has 6 nitrogen and oxygen atoms in total. The van der Waals surface area contributed by atoms with E-state index >= 15 is 0 Å². The van der Waals surface area contributed by atoms with Crippen molar-refractivity contribution < 1.29 is 9.90 Å². The van der Waals surface area contributed by atoms with Crippen molar-refractivity contribution in [3.05, 3.63) is 47.3 Å². The molecule has 0 spiro atoms. The molecular weight excluding hydrogens is 244 g/mol. The zero-order chi connectivity index (χ0) is 13.7. The predicted octanol–water partition coefficient (Wildman–Crippen LogP) is 0.802. The Labute approximate surface area is 110 Å². The Morgan fingerprint density at radius 2 is 1.95 bits per heavy atom. The van der Waals surface area contributed by atoms with Crippen molar-refractivity contribution in [2.24, 2.45) is 5.73 Å². The normalized spacial score (nSPS) is 10.6. The summed E-state index contributed by atoms with van der Waals surface area (Å²) in [6.45, 7) is 1.15. The van der Waals surface area contributed by atoms with Crippen molar-refractivity contribution in [1.82, 2.24) is 15.0 Å². The van der Waals surface area contributed by atoms with Gasteiger partial charge in [-0.05, 0) is 11.1 Å². The Kier molecular flexibility index (Phi) is 4.25. The van der Waals surface area contributed by atoms with E-state index in [2.05, 4.69) is 10.3 Å². The summed E-state index contributed by atoms with van der Waals surface area (Å²) < 4.78 is 1.70. The molecule has 100 valence electrons. The third kappa shape index (κ3) is 3.89. The van der Waals surface area contributed by atoms with Crippen LogP contribution in [0.1, 0.15) is 23.2 Å². The number of benzene rings is 1. The first-order valence-electron chi connectivity index (χ1n) is 6.06. The summed E-state index contributed by atoms with van der Waals surface area (Å²) in [5.41, 5.74) is 8.42. The van der Waals surface area contributed by atoms with E-state index < -0.39 is 5.97 Å². The molecule has 6 heteroatoms. The fourth-order valence-electron chi connectivity index (χ4n) is 1.73. The summed E-state index contributed by atoms with van der Waals surface area (Å²) in [6.07, 6.45) is 2.26. The second-order valence-corrected chi connectivity index (χ2v) is 4.32. The largest absolute Gasteiger partial charge is 0.481 e. The monoisotopic (exact) mass is 260 g/mol. The van der Waals surface area contributed by atoms with Crippen molar-refractivity contribution in [2.75, 3.05) is 0 Å². The predicted molar refractivity (Wildman–Crippen MR) is 69.4 cm³/mol. The molecule has 2 aromatic rings. The quantitative estimate of drug-likeness (QED) is 0.801. The number of aliphatic carboxylic acids is 1. The molecule has 0 bridgehead atoms. The van der Waals surface area contributed by atoms with E-state index in [0.717, 1.165) is 11.1 Å². The van der Waals surface area contributed by atoms with E-state index in [4.69, 9.17) is 10.8 Å². The highest BCUT2D eigenvalue weighted by atomic mass is 16.4. The number of carboxylic acid groups (broad SMARTS) is 1. The van der Waals surface area contributed by atoms with Gasteiger partial charge in [0.25, 0.3) is 0 Å². The minimum absolute atomic E-state index is 0.0733. The van der Waals surface area contributed by atoms with Crippen LogP contribution in [0.5, 0.6) is 0 Å². The second-order valence-electron chi connectivity index (χ2n) is 4.32. The number of carboxylic acids is 1. The van der Waals surface area contributed by atoms with Gasteiger partial charge in [0, 0.05) is 19.2 Å². The van der Waals surface area contributed by atoms with Gasteiger partial charge in [-0.3, -0.25) is 4.79 Å². The lowest BCUT2D eigenvalue weighted by Crippen LogP contribution is -2.01. The van der Waals surface area contributed by atoms with Gasteiger partial charge in [-0.1, -0.05) is 29.5 Å². The van der Waals surface area contributed by atoms with Gasteiger partial charge < -0.3 is 10.8 Å². The van der Waals surface area contributed by atoms with Crippen LogP contribution < -0.4 is 5.73 Å². The van der Waals surface area contributed by atoms with Gasteiger partial charge in [0.15, 0.2) is 0 Å². The van der Waals surface area contributed by atoms with E-state index in [0.29, 0.717) is 25.2 Å². The van der Waals surface area contributed by atoms with Gasteiger partial charge in [0.2, 0.25) is 0 Å². The molecule has 0 aliphatic heterocycles. The van der Waals surface area contributed by atoms with Crippen molar-refractivity contribution >= 4 is 5.97 Å². The second kappa shape index (κ2) is 6.10. The number of hydrogen-bond acceptors (Lipinski definition) is 4. The maximum atomic E-state index is 10.5. The topological polar surface area (TPSA) is 94.0 Å². The smallest absolute Gasteiger partial charge is 0.303 e. The molecule has 2 rings (SSSR count). The lowest BCUT2D eigenvalue weighted by molar-refractivity contribution is -0.136. The lowest BCUT2D eigenvalue weighted by Gasteiger charge is -2.02. The van der Waals surface area contributed by atoms with Gasteiger partial charge in [0.05, 0.1) is 18.7 Å². The highest BCUT2D eigenvalue weighted by Crippen LogP contribution is 2.06. The number of nitrogens with two attached hydrogens (primary N) is 1. The van der Waals surface area contributed by atoms with E-state index in [1.54, 1.807) is 10.9 Å². The molecule has 0 aliphatic carbocycles. The third-order valence-corrected chi connectivity index (χ3v) is 2.78. The van der Waals surface area contributed by atoms with Crippen molar-refractivity contribution in [3.63, 3.8) is 0 Å². The summed E-state index contributed by atoms with van der Waals surface area (Å²) in [6, 6.07) is 7.97. The van der Waals surface area contributed by atoms with Gasteiger partial charge >= 0.3 is 5.97 Å². The van der Waals surface area contributed by atoms with Gasteiger partial charge in [-0.2, -0.15) is 0 Å². The van der Waals surface area contributed by atoms with Crippen molar-refractivity contribution in [2.45, 2.75) is 25.9 Å². The molecule has 0 atom stereocenters. The number of aromatic nitrogens is 3. The molecule has 0 radical (unpaired) electrons. The molecule has 19 heavy (non-hydrogen) atoms. The number of aryl methyl sites for hydroxylation is 1. The molecule has 0 aliphatic rings. The first-order chi connectivity index (χ1) is 9.17. The van der Waals surface area contributed by atoms with Gasteiger partial charge in [-0.15, -0.1) is 5.10 Å². The van der Waals surface area contributed by atoms with Crippen LogP contribution in [0.15, 0.2) is 30.5 Å². The third-order valence-electron chi connectivity index (χ3n) is 2.78. The first kappa shape index (κ1) is 13.2. The first-order valence-corrected chi connectivity index (χ1v) is 6.06. The number of hydrogen-bond donors (Lipinski definition) is 2. The fourth-order valence-corrected chi connectivity index (χ4v) is 1.73. The minimum Gasteiger partial charge on any atom is -0.481 e. The zero-order valence-electron chi connectivity index (χ0n) is 10.5. The van der Waals surface area contributed by atoms with Crippen LogP contribution in [-0.2, 0) is 24.3 Å². The summed E-state index contributed by atoms with van der Waals surface area (Å²) in [5.74, 6) is -0.827. The van der Waals surface area contributed by atoms with Gasteiger partial charge in [-0.25, -0.2) is 4.68 Å². The minimum atomic E-state index is -0.827. The molecule has 1 heterocycles. The van der Waals surface area contributed by atoms with Crippen LogP contribution in [0.2, 0.25) is 0 Å². The van der Waals surface area contributed by atoms with Crippen LogP contribution >= 0.6 is 0 Å². The zero-order valence-corrected chi connectivity index (χ0v) is 10.5. The summed E-state index contributed by atoms with van der Waals surface area (Å²) in [5, 5.41) is 16.5. The Morgan fingerprint density at radius 1 is 1.26 bits per heavy atom. The lowest BCUT2D eigenvalue weighted by atomic mass is 10.1. The molecule has 0 amide bonds. The van der Waals surface area contributed by atoms with Crippen LogP contribution in [0.25, 0.3) is 0 Å². The molecule has 0 saturated heterocycles. The summed E-state index contributed by atoms with van der Waals surface area (Å²) >= 11 is 0. The highest BCUT2D eigenvalue weighted by molar-refractivity contribution is 5.66. The number of carbonyl (C=O) groups is 1.